The van der Waals surface area contributed by atoms with Crippen LogP contribution in [0.15, 0.2) is 53.3 Å². The van der Waals surface area contributed by atoms with Crippen LogP contribution in [0, 0.1) is 0 Å². The van der Waals surface area contributed by atoms with E-state index < -0.39 is 5.91 Å². The highest BCUT2D eigenvalue weighted by Crippen LogP contribution is 2.38. The van der Waals surface area contributed by atoms with Gasteiger partial charge in [0.15, 0.2) is 5.96 Å². The number of amides is 1. The number of aliphatic imine (C=N–C) groups is 1. The molecule has 0 atom stereocenters. The predicted molar refractivity (Wildman–Crippen MR) is 99.2 cm³/mol. The maximum Gasteiger partial charge on any atom is 0.280 e. The number of benzene rings is 2. The highest BCUT2D eigenvalue weighted by Gasteiger charge is 2.23. The molecule has 2 aromatic rings. The summed E-state index contributed by atoms with van der Waals surface area (Å²) < 4.78 is 20.1. The number of allylic oxidation sites excluding steroid dienone is 1. The molecule has 0 radical (unpaired) electrons. The van der Waals surface area contributed by atoms with Crippen LogP contribution in [0.5, 0.6) is 0 Å². The minimum absolute atomic E-state index is 0.201. The molecule has 1 amide bonds. The van der Waals surface area contributed by atoms with E-state index in [-0.39, 0.29) is 11.8 Å². The van der Waals surface area contributed by atoms with Crippen LogP contribution in [0.25, 0.3) is 5.57 Å². The van der Waals surface area contributed by atoms with Crippen molar-refractivity contribution in [2.75, 3.05) is 7.11 Å². The van der Waals surface area contributed by atoms with Gasteiger partial charge in [0.2, 0.25) is 0 Å². The number of nitrogens with two attached hydrogens (primary N) is 2. The molecule has 3 rings (SSSR count). The van der Waals surface area contributed by atoms with E-state index in [1.807, 2.05) is 30.3 Å². The van der Waals surface area contributed by atoms with Gasteiger partial charge >= 0.3 is 0 Å². The first-order valence-corrected chi connectivity index (χ1v) is 8.24. The molecule has 1 aliphatic carbocycles. The van der Waals surface area contributed by atoms with E-state index in [0.717, 1.165) is 16.7 Å². The fourth-order valence-corrected chi connectivity index (χ4v) is 3.19. The molecule has 2 aromatic carbocycles. The SMILES string of the molecule is COCc1ccccc1C1=C(F)CCc2ccc(C(=O)N=C(N)N)cc21. The minimum atomic E-state index is -0.552. The van der Waals surface area contributed by atoms with Gasteiger partial charge in [-0.3, -0.25) is 4.79 Å². The Morgan fingerprint density at radius 3 is 2.65 bits per heavy atom. The molecule has 134 valence electrons. The van der Waals surface area contributed by atoms with Gasteiger partial charge < -0.3 is 16.2 Å². The molecular weight excluding hydrogens is 333 g/mol. The molecule has 0 bridgehead atoms. The maximum absolute atomic E-state index is 14.9. The number of aryl methyl sites for hydroxylation is 1. The van der Waals surface area contributed by atoms with Crippen molar-refractivity contribution in [2.24, 2.45) is 16.5 Å². The highest BCUT2D eigenvalue weighted by molar-refractivity contribution is 6.03. The highest BCUT2D eigenvalue weighted by atomic mass is 19.1. The van der Waals surface area contributed by atoms with Crippen molar-refractivity contribution in [1.29, 1.82) is 0 Å². The molecule has 5 nitrogen and oxygen atoms in total. The Bertz CT molecular complexity index is 915. The molecule has 0 saturated heterocycles. The third-order valence-corrected chi connectivity index (χ3v) is 4.33. The van der Waals surface area contributed by atoms with E-state index >= 15 is 0 Å². The minimum Gasteiger partial charge on any atom is -0.380 e. The summed E-state index contributed by atoms with van der Waals surface area (Å²) in [6.07, 6.45) is 0.902. The summed E-state index contributed by atoms with van der Waals surface area (Å²) in [5, 5.41) is 0. The Morgan fingerprint density at radius 2 is 1.92 bits per heavy atom. The van der Waals surface area contributed by atoms with Crippen LogP contribution in [0.3, 0.4) is 0 Å². The lowest BCUT2D eigenvalue weighted by atomic mass is 9.83. The molecule has 0 saturated carbocycles. The van der Waals surface area contributed by atoms with Crippen molar-refractivity contribution in [3.63, 3.8) is 0 Å². The molecule has 0 unspecified atom stereocenters. The van der Waals surface area contributed by atoms with Gasteiger partial charge in [-0.25, -0.2) is 4.39 Å². The van der Waals surface area contributed by atoms with Gasteiger partial charge in [-0.05, 0) is 40.8 Å². The molecule has 0 fully saturated rings. The predicted octanol–water partition coefficient (Wildman–Crippen LogP) is 2.92. The zero-order chi connectivity index (χ0) is 18.7. The van der Waals surface area contributed by atoms with Gasteiger partial charge in [0.05, 0.1) is 6.61 Å². The zero-order valence-electron chi connectivity index (χ0n) is 14.5. The Kier molecular flexibility index (Phi) is 5.14. The fraction of sp³-hybridized carbons (Fsp3) is 0.200. The van der Waals surface area contributed by atoms with Gasteiger partial charge in [-0.15, -0.1) is 0 Å². The summed E-state index contributed by atoms with van der Waals surface area (Å²) in [4.78, 5) is 15.7. The number of fused-ring (bicyclic) bond motifs is 1. The third-order valence-electron chi connectivity index (χ3n) is 4.33. The molecule has 0 heterocycles. The molecule has 0 aliphatic heterocycles. The molecule has 4 N–H and O–H groups in total. The molecule has 0 spiro atoms. The molecule has 6 heteroatoms. The zero-order valence-corrected chi connectivity index (χ0v) is 14.5. The van der Waals surface area contributed by atoms with Crippen molar-refractivity contribution in [3.05, 3.63) is 76.1 Å². The first-order chi connectivity index (χ1) is 12.5. The average Bonchev–Trinajstić information content (AvgIpc) is 2.62. The van der Waals surface area contributed by atoms with Crippen LogP contribution in [0.2, 0.25) is 0 Å². The topological polar surface area (TPSA) is 90.7 Å². The number of hydrogen-bond acceptors (Lipinski definition) is 2. The van der Waals surface area contributed by atoms with Gasteiger partial charge in [0, 0.05) is 24.7 Å². The van der Waals surface area contributed by atoms with E-state index in [1.54, 1.807) is 19.2 Å². The Labute approximate surface area is 151 Å². The van der Waals surface area contributed by atoms with Gasteiger partial charge in [0.25, 0.3) is 5.91 Å². The fourth-order valence-electron chi connectivity index (χ4n) is 3.19. The lowest BCUT2D eigenvalue weighted by Gasteiger charge is -2.22. The van der Waals surface area contributed by atoms with Crippen molar-refractivity contribution >= 4 is 17.4 Å². The Balaban J connectivity index is 2.15. The number of guanidine groups is 1. The summed E-state index contributed by atoms with van der Waals surface area (Å²) in [6, 6.07) is 12.7. The molecule has 0 aromatic heterocycles. The normalized spacial score (nSPS) is 13.3. The average molecular weight is 353 g/mol. The number of ether oxygens (including phenoxy) is 1. The van der Waals surface area contributed by atoms with E-state index in [1.165, 1.54) is 0 Å². The number of carbonyl (C=O) groups excluding carboxylic acids is 1. The second-order valence-corrected chi connectivity index (χ2v) is 6.08. The number of hydrogen-bond donors (Lipinski definition) is 2. The lowest BCUT2D eigenvalue weighted by molar-refractivity contribution is 0.100. The van der Waals surface area contributed by atoms with Crippen LogP contribution in [-0.2, 0) is 17.8 Å². The summed E-state index contributed by atoms with van der Waals surface area (Å²) >= 11 is 0. The second-order valence-electron chi connectivity index (χ2n) is 6.08. The monoisotopic (exact) mass is 353 g/mol. The molecule has 26 heavy (non-hydrogen) atoms. The quantitative estimate of drug-likeness (QED) is 0.653. The van der Waals surface area contributed by atoms with Crippen molar-refractivity contribution in [2.45, 2.75) is 19.4 Å². The summed E-state index contributed by atoms with van der Waals surface area (Å²) in [5.41, 5.74) is 14.7. The van der Waals surface area contributed by atoms with Gasteiger partial charge in [-0.2, -0.15) is 4.99 Å². The summed E-state index contributed by atoms with van der Waals surface area (Å²) in [6.45, 7) is 0.370. The largest absolute Gasteiger partial charge is 0.380 e. The van der Waals surface area contributed by atoms with Crippen LogP contribution in [0.4, 0.5) is 4.39 Å². The van der Waals surface area contributed by atoms with E-state index in [9.17, 15) is 9.18 Å². The van der Waals surface area contributed by atoms with E-state index in [0.29, 0.717) is 36.1 Å². The van der Waals surface area contributed by atoms with E-state index in [4.69, 9.17) is 16.2 Å². The van der Waals surface area contributed by atoms with Crippen LogP contribution >= 0.6 is 0 Å². The summed E-state index contributed by atoms with van der Waals surface area (Å²) in [5.74, 6) is -1.06. The number of methoxy groups -OCH3 is 1. The van der Waals surface area contributed by atoms with Gasteiger partial charge in [0.1, 0.15) is 5.83 Å². The maximum atomic E-state index is 14.9. The van der Waals surface area contributed by atoms with Crippen LogP contribution in [-0.4, -0.2) is 19.0 Å². The number of rotatable bonds is 4. The van der Waals surface area contributed by atoms with Gasteiger partial charge in [-0.1, -0.05) is 30.3 Å². The standard InChI is InChI=1S/C20H20FN3O2/c1-26-11-14-4-2-3-5-15(14)18-16-10-13(19(25)24-20(22)23)7-6-12(16)8-9-17(18)21/h2-7,10H,8-9,11H2,1H3,(H4,22,23,24,25). The second kappa shape index (κ2) is 7.49. The Morgan fingerprint density at radius 1 is 1.15 bits per heavy atom. The summed E-state index contributed by atoms with van der Waals surface area (Å²) in [7, 11) is 1.60. The first kappa shape index (κ1) is 17.8. The Hall–Kier alpha value is -2.99. The lowest BCUT2D eigenvalue weighted by Crippen LogP contribution is -2.24. The van der Waals surface area contributed by atoms with Crippen molar-refractivity contribution < 1.29 is 13.9 Å². The number of nitrogens with zero attached hydrogens (tertiary/aromatic N) is 1. The molecular formula is C20H20FN3O2. The molecule has 1 aliphatic rings. The smallest absolute Gasteiger partial charge is 0.280 e. The number of carbonyl (C=O) groups is 1. The van der Waals surface area contributed by atoms with Crippen molar-refractivity contribution in [3.8, 4) is 0 Å². The van der Waals surface area contributed by atoms with Crippen molar-refractivity contribution in [1.82, 2.24) is 0 Å². The third kappa shape index (κ3) is 3.50. The first-order valence-electron chi connectivity index (χ1n) is 8.24. The number of halogens is 1. The van der Waals surface area contributed by atoms with Crippen LogP contribution < -0.4 is 11.5 Å². The van der Waals surface area contributed by atoms with Crippen LogP contribution in [0.1, 0.15) is 39.0 Å². The van der Waals surface area contributed by atoms with E-state index in [2.05, 4.69) is 4.99 Å².